The van der Waals surface area contributed by atoms with E-state index in [2.05, 4.69) is 9.73 Å². The molecule has 2 aromatic carbocycles. The number of sulfone groups is 1. The van der Waals surface area contributed by atoms with Crippen molar-refractivity contribution in [1.82, 2.24) is 0 Å². The standard InChI is InChI=1S/C20H16ClF3N2O4S2/c21-15-4-2-1-3-12(15)9-18(27)25-19-26(16-10-32(28,29)11-17(16)31-19)13-5-7-14(8-6-13)30-20(22,23)24/h1-8,16-17H,9-11H2/t16-,17-/m0/s1. The number of hydrogen-bond acceptors (Lipinski definition) is 5. The Morgan fingerprint density at radius 3 is 2.50 bits per heavy atom. The number of amides is 1. The van der Waals surface area contributed by atoms with Gasteiger partial charge in [-0.2, -0.15) is 4.99 Å². The number of amidine groups is 1. The van der Waals surface area contributed by atoms with E-state index < -0.39 is 33.9 Å². The first kappa shape index (κ1) is 22.9. The molecular formula is C20H16ClF3N2O4S2. The highest BCUT2D eigenvalue weighted by molar-refractivity contribution is 8.16. The highest BCUT2D eigenvalue weighted by Gasteiger charge is 2.49. The number of aliphatic imine (C=N–C) groups is 1. The summed E-state index contributed by atoms with van der Waals surface area (Å²) in [6.07, 6.45) is -4.86. The predicted octanol–water partition coefficient (Wildman–Crippen LogP) is 4.08. The van der Waals surface area contributed by atoms with E-state index in [1.54, 1.807) is 29.2 Å². The maximum atomic E-state index is 12.6. The lowest BCUT2D eigenvalue weighted by Crippen LogP contribution is -2.37. The Kier molecular flexibility index (Phi) is 6.17. The number of anilines is 1. The van der Waals surface area contributed by atoms with E-state index in [0.717, 1.165) is 12.1 Å². The molecular weight excluding hydrogens is 489 g/mol. The Bertz CT molecular complexity index is 1170. The molecule has 2 aromatic rings. The molecule has 2 aliphatic heterocycles. The van der Waals surface area contributed by atoms with Gasteiger partial charge in [-0.3, -0.25) is 4.79 Å². The second-order valence-electron chi connectivity index (χ2n) is 7.27. The Balaban J connectivity index is 1.62. The van der Waals surface area contributed by atoms with Crippen LogP contribution in [0.15, 0.2) is 53.5 Å². The second-order valence-corrected chi connectivity index (χ2v) is 11.0. The first-order valence-corrected chi connectivity index (χ1v) is 12.5. The summed E-state index contributed by atoms with van der Waals surface area (Å²) in [4.78, 5) is 18.4. The number of thioether (sulfide) groups is 1. The number of carbonyl (C=O) groups excluding carboxylic acids is 1. The first-order chi connectivity index (χ1) is 15.0. The molecule has 0 radical (unpaired) electrons. The molecule has 32 heavy (non-hydrogen) atoms. The minimum Gasteiger partial charge on any atom is -0.406 e. The average Bonchev–Trinajstić information content (AvgIpc) is 3.14. The van der Waals surface area contributed by atoms with Crippen LogP contribution in [0.4, 0.5) is 18.9 Å². The van der Waals surface area contributed by atoms with Gasteiger partial charge in [-0.15, -0.1) is 13.2 Å². The fourth-order valence-electron chi connectivity index (χ4n) is 3.63. The maximum Gasteiger partial charge on any atom is 0.573 e. The van der Waals surface area contributed by atoms with Crippen LogP contribution in [0.5, 0.6) is 5.75 Å². The van der Waals surface area contributed by atoms with Crippen LogP contribution in [0.1, 0.15) is 5.56 Å². The van der Waals surface area contributed by atoms with Crippen LogP contribution < -0.4 is 9.64 Å². The summed E-state index contributed by atoms with van der Waals surface area (Å²) in [5.41, 5.74) is 1.02. The van der Waals surface area contributed by atoms with Gasteiger partial charge in [-0.05, 0) is 35.9 Å². The van der Waals surface area contributed by atoms with E-state index >= 15 is 0 Å². The van der Waals surface area contributed by atoms with Crippen molar-refractivity contribution in [3.63, 3.8) is 0 Å². The van der Waals surface area contributed by atoms with Crippen molar-refractivity contribution in [3.8, 4) is 5.75 Å². The Morgan fingerprint density at radius 2 is 1.84 bits per heavy atom. The number of nitrogens with zero attached hydrogens (tertiary/aromatic N) is 2. The van der Waals surface area contributed by atoms with Crippen molar-refractivity contribution in [2.24, 2.45) is 4.99 Å². The molecule has 2 fully saturated rings. The first-order valence-electron chi connectivity index (χ1n) is 9.38. The van der Waals surface area contributed by atoms with Crippen LogP contribution in [-0.2, 0) is 21.1 Å². The number of alkyl halides is 3. The number of hydrogen-bond donors (Lipinski definition) is 0. The third kappa shape index (κ3) is 5.21. The van der Waals surface area contributed by atoms with E-state index in [0.29, 0.717) is 21.4 Å². The molecule has 0 aliphatic carbocycles. The highest BCUT2D eigenvalue weighted by Crippen LogP contribution is 2.41. The molecule has 2 heterocycles. The van der Waals surface area contributed by atoms with Gasteiger partial charge < -0.3 is 9.64 Å². The SMILES string of the molecule is O=C(Cc1ccccc1Cl)N=C1S[C@H]2CS(=O)(=O)C[C@@H]2N1c1ccc(OC(F)(F)F)cc1. The van der Waals surface area contributed by atoms with Crippen molar-refractivity contribution in [1.29, 1.82) is 0 Å². The minimum absolute atomic E-state index is 0.0381. The van der Waals surface area contributed by atoms with Crippen LogP contribution in [0.3, 0.4) is 0 Å². The average molecular weight is 505 g/mol. The smallest absolute Gasteiger partial charge is 0.406 e. The summed E-state index contributed by atoms with van der Waals surface area (Å²) in [6.45, 7) is 0. The molecule has 4 rings (SSSR count). The lowest BCUT2D eigenvalue weighted by atomic mass is 10.1. The quantitative estimate of drug-likeness (QED) is 0.624. The van der Waals surface area contributed by atoms with E-state index in [1.165, 1.54) is 23.9 Å². The van der Waals surface area contributed by atoms with Gasteiger partial charge in [0, 0.05) is 16.0 Å². The van der Waals surface area contributed by atoms with Gasteiger partial charge in [-0.1, -0.05) is 41.6 Å². The normalized spacial score (nSPS) is 23.4. The molecule has 1 amide bonds. The Morgan fingerprint density at radius 1 is 1.16 bits per heavy atom. The fraction of sp³-hybridized carbons (Fsp3) is 0.300. The lowest BCUT2D eigenvalue weighted by Gasteiger charge is -2.24. The molecule has 0 saturated carbocycles. The zero-order chi connectivity index (χ0) is 23.1. The van der Waals surface area contributed by atoms with Gasteiger partial charge in [0.05, 0.1) is 24.0 Å². The van der Waals surface area contributed by atoms with Gasteiger partial charge in [-0.25, -0.2) is 8.42 Å². The third-order valence-electron chi connectivity index (χ3n) is 4.93. The summed E-state index contributed by atoms with van der Waals surface area (Å²) in [5.74, 6) is -1.07. The van der Waals surface area contributed by atoms with Gasteiger partial charge >= 0.3 is 6.36 Å². The summed E-state index contributed by atoms with van der Waals surface area (Å²) >= 11 is 7.28. The van der Waals surface area contributed by atoms with Gasteiger partial charge in [0.15, 0.2) is 15.0 Å². The monoisotopic (exact) mass is 504 g/mol. The zero-order valence-corrected chi connectivity index (χ0v) is 18.6. The number of ether oxygens (including phenoxy) is 1. The van der Waals surface area contributed by atoms with Crippen LogP contribution in [0, 0.1) is 0 Å². The van der Waals surface area contributed by atoms with Crippen molar-refractivity contribution in [3.05, 3.63) is 59.1 Å². The molecule has 2 saturated heterocycles. The maximum absolute atomic E-state index is 12.6. The topological polar surface area (TPSA) is 76.0 Å². The van der Waals surface area contributed by atoms with Gasteiger partial charge in [0.25, 0.3) is 5.91 Å². The molecule has 2 aliphatic rings. The van der Waals surface area contributed by atoms with Crippen molar-refractivity contribution >= 4 is 50.0 Å². The van der Waals surface area contributed by atoms with E-state index in [1.807, 2.05) is 0 Å². The molecule has 12 heteroatoms. The summed E-state index contributed by atoms with van der Waals surface area (Å²) in [5, 5.41) is 0.398. The van der Waals surface area contributed by atoms with E-state index in [-0.39, 0.29) is 23.2 Å². The van der Waals surface area contributed by atoms with E-state index in [9.17, 15) is 26.4 Å². The molecule has 0 aromatic heterocycles. The number of halogens is 4. The third-order valence-corrected chi connectivity index (χ3v) is 8.51. The zero-order valence-electron chi connectivity index (χ0n) is 16.3. The van der Waals surface area contributed by atoms with Crippen LogP contribution in [0.25, 0.3) is 0 Å². The van der Waals surface area contributed by atoms with Gasteiger partial charge in [0.2, 0.25) is 0 Å². The Hall–Kier alpha value is -2.24. The lowest BCUT2D eigenvalue weighted by molar-refractivity contribution is -0.274. The van der Waals surface area contributed by atoms with Gasteiger partial charge in [0.1, 0.15) is 5.75 Å². The minimum atomic E-state index is -4.83. The van der Waals surface area contributed by atoms with Crippen LogP contribution >= 0.6 is 23.4 Å². The summed E-state index contributed by atoms with van der Waals surface area (Å²) < 4.78 is 65.5. The number of rotatable bonds is 4. The largest absolute Gasteiger partial charge is 0.573 e. The predicted molar refractivity (Wildman–Crippen MR) is 117 cm³/mol. The Labute approximate surface area is 191 Å². The molecule has 0 N–H and O–H groups in total. The number of benzene rings is 2. The molecule has 6 nitrogen and oxygen atoms in total. The molecule has 0 spiro atoms. The van der Waals surface area contributed by atoms with Crippen LogP contribution in [-0.4, -0.2) is 48.7 Å². The number of fused-ring (bicyclic) bond motifs is 1. The van der Waals surface area contributed by atoms with Crippen molar-refractivity contribution < 1.29 is 31.1 Å². The molecule has 2 atom stereocenters. The summed E-state index contributed by atoms with van der Waals surface area (Å²) in [6, 6.07) is 11.4. The highest BCUT2D eigenvalue weighted by atomic mass is 35.5. The molecule has 0 unspecified atom stereocenters. The summed E-state index contributed by atoms with van der Waals surface area (Å²) in [7, 11) is -3.28. The van der Waals surface area contributed by atoms with Crippen LogP contribution in [0.2, 0.25) is 5.02 Å². The second kappa shape index (κ2) is 8.60. The molecule has 170 valence electrons. The van der Waals surface area contributed by atoms with Crippen molar-refractivity contribution in [2.75, 3.05) is 16.4 Å². The van der Waals surface area contributed by atoms with Crippen molar-refractivity contribution in [2.45, 2.75) is 24.1 Å². The fourth-order valence-corrected chi connectivity index (χ4v) is 7.76. The van der Waals surface area contributed by atoms with E-state index in [4.69, 9.17) is 11.6 Å². The molecule has 0 bridgehead atoms. The number of carbonyl (C=O) groups is 1.